The van der Waals surface area contributed by atoms with Crippen LogP contribution in [0.25, 0.3) is 0 Å². The number of amides is 2. The van der Waals surface area contributed by atoms with Crippen molar-refractivity contribution in [3.8, 4) is 0 Å². The molecule has 0 saturated carbocycles. The normalized spacial score (nSPS) is 15.0. The van der Waals surface area contributed by atoms with E-state index in [1.165, 1.54) is 0 Å². The summed E-state index contributed by atoms with van der Waals surface area (Å²) < 4.78 is 52.6. The maximum Gasteiger partial charge on any atom is 0.253 e. The minimum absolute atomic E-state index is 0.0844. The summed E-state index contributed by atoms with van der Waals surface area (Å²) in [6, 6.07) is 5.44. The van der Waals surface area contributed by atoms with Crippen molar-refractivity contribution in [3.63, 3.8) is 0 Å². The number of pyridine rings is 1. The lowest BCUT2D eigenvalue weighted by molar-refractivity contribution is -0.121. The molecule has 11 heteroatoms. The van der Waals surface area contributed by atoms with E-state index in [-0.39, 0.29) is 30.8 Å². The first-order chi connectivity index (χ1) is 14.8. The van der Waals surface area contributed by atoms with Crippen molar-refractivity contribution < 1.29 is 26.8 Å². The molecule has 31 heavy (non-hydrogen) atoms. The summed E-state index contributed by atoms with van der Waals surface area (Å²) in [4.78, 5) is 29.7. The minimum atomic E-state index is -4.06. The van der Waals surface area contributed by atoms with Crippen molar-refractivity contribution in [2.24, 2.45) is 0 Å². The summed E-state index contributed by atoms with van der Waals surface area (Å²) >= 11 is 0. The van der Waals surface area contributed by atoms with Gasteiger partial charge in [-0.15, -0.1) is 0 Å². The number of aromatic nitrogens is 1. The van der Waals surface area contributed by atoms with Crippen LogP contribution in [0.1, 0.15) is 29.6 Å². The third kappa shape index (κ3) is 6.05. The van der Waals surface area contributed by atoms with E-state index in [0.717, 1.165) is 12.1 Å². The molecule has 166 valence electrons. The first-order valence-corrected chi connectivity index (χ1v) is 11.2. The number of nitrogens with one attached hydrogen (secondary N) is 2. The molecule has 2 amide bonds. The van der Waals surface area contributed by atoms with E-state index in [4.69, 9.17) is 0 Å². The number of carbonyl (C=O) groups excluding carboxylic acids is 2. The molecule has 0 aliphatic carbocycles. The highest BCUT2D eigenvalue weighted by atomic mass is 32.2. The van der Waals surface area contributed by atoms with Crippen LogP contribution in [-0.4, -0.2) is 55.8 Å². The molecule has 0 spiro atoms. The van der Waals surface area contributed by atoms with Crippen LogP contribution in [0.4, 0.5) is 8.78 Å². The first kappa shape index (κ1) is 22.8. The fraction of sp³-hybridized carbons (Fsp3) is 0.350. The topological polar surface area (TPSA) is 108 Å². The fourth-order valence-corrected chi connectivity index (χ4v) is 4.27. The van der Waals surface area contributed by atoms with Crippen molar-refractivity contribution in [1.29, 1.82) is 0 Å². The van der Waals surface area contributed by atoms with Crippen LogP contribution in [0.5, 0.6) is 0 Å². The van der Waals surface area contributed by atoms with Gasteiger partial charge in [0.1, 0.15) is 0 Å². The molecule has 2 N–H and O–H groups in total. The van der Waals surface area contributed by atoms with Gasteiger partial charge in [-0.05, 0) is 43.2 Å². The van der Waals surface area contributed by atoms with Crippen LogP contribution >= 0.6 is 0 Å². The molecule has 0 bridgehead atoms. The Kier molecular flexibility index (Phi) is 7.29. The summed E-state index contributed by atoms with van der Waals surface area (Å²) in [6.45, 7) is 0.802. The molecular formula is C20H22F2N4O4S. The number of hydrogen-bond acceptors (Lipinski definition) is 5. The zero-order chi connectivity index (χ0) is 22.4. The van der Waals surface area contributed by atoms with Gasteiger partial charge in [-0.3, -0.25) is 14.6 Å². The molecule has 3 rings (SSSR count). The third-order valence-electron chi connectivity index (χ3n) is 4.92. The molecule has 1 aromatic carbocycles. The molecule has 2 aromatic rings. The number of nitrogens with zero attached hydrogens (tertiary/aromatic N) is 2. The summed E-state index contributed by atoms with van der Waals surface area (Å²) in [5, 5.41) is 2.83. The molecule has 1 saturated heterocycles. The highest BCUT2D eigenvalue weighted by Crippen LogP contribution is 2.15. The van der Waals surface area contributed by atoms with Gasteiger partial charge in [0.2, 0.25) is 15.9 Å². The lowest BCUT2D eigenvalue weighted by Crippen LogP contribution is -2.47. The Bertz CT molecular complexity index is 1040. The van der Waals surface area contributed by atoms with Gasteiger partial charge >= 0.3 is 0 Å². The van der Waals surface area contributed by atoms with Crippen molar-refractivity contribution in [3.05, 3.63) is 59.9 Å². The van der Waals surface area contributed by atoms with Crippen molar-refractivity contribution in [2.45, 2.75) is 30.2 Å². The molecule has 1 aliphatic heterocycles. The maximum absolute atomic E-state index is 13.2. The van der Waals surface area contributed by atoms with Gasteiger partial charge in [-0.2, -0.15) is 0 Å². The molecule has 2 heterocycles. The van der Waals surface area contributed by atoms with Gasteiger partial charge < -0.3 is 10.2 Å². The van der Waals surface area contributed by atoms with Crippen LogP contribution in [-0.2, 0) is 14.8 Å². The predicted molar refractivity (Wildman–Crippen MR) is 107 cm³/mol. The maximum atomic E-state index is 13.2. The van der Waals surface area contributed by atoms with E-state index in [0.29, 0.717) is 37.6 Å². The number of piperidine rings is 1. The van der Waals surface area contributed by atoms with Gasteiger partial charge in [0, 0.05) is 50.1 Å². The van der Waals surface area contributed by atoms with Crippen molar-refractivity contribution in [1.82, 2.24) is 19.9 Å². The fourth-order valence-electron chi connectivity index (χ4n) is 3.23. The standard InChI is InChI=1S/C20H22F2N4O4S/c21-17-2-1-16(13-18(17)22)31(29,30)24-10-5-19(27)25-15-6-11-26(12-7-15)20(28)14-3-8-23-9-4-14/h1-4,8-9,13,15,24H,5-7,10-12H2,(H,25,27). The molecule has 8 nitrogen and oxygen atoms in total. The predicted octanol–water partition coefficient (Wildman–Crippen LogP) is 1.45. The number of carbonyl (C=O) groups is 2. The van der Waals surface area contributed by atoms with Crippen molar-refractivity contribution >= 4 is 21.8 Å². The van der Waals surface area contributed by atoms with Crippen LogP contribution in [0, 0.1) is 11.6 Å². The number of sulfonamides is 1. The van der Waals surface area contributed by atoms with E-state index < -0.39 is 26.6 Å². The Hall–Kier alpha value is -2.92. The second-order valence-corrected chi connectivity index (χ2v) is 8.86. The number of hydrogen-bond donors (Lipinski definition) is 2. The Morgan fingerprint density at radius 2 is 1.74 bits per heavy atom. The molecule has 0 unspecified atom stereocenters. The zero-order valence-electron chi connectivity index (χ0n) is 16.6. The minimum Gasteiger partial charge on any atom is -0.353 e. The SMILES string of the molecule is O=C(CCNS(=O)(=O)c1ccc(F)c(F)c1)NC1CCN(C(=O)c2ccncc2)CC1. The number of halogens is 2. The van der Waals surface area contributed by atoms with E-state index >= 15 is 0 Å². The highest BCUT2D eigenvalue weighted by Gasteiger charge is 2.24. The Balaban J connectivity index is 1.41. The van der Waals surface area contributed by atoms with Gasteiger partial charge in [0.25, 0.3) is 5.91 Å². The van der Waals surface area contributed by atoms with Gasteiger partial charge in [-0.1, -0.05) is 0 Å². The first-order valence-electron chi connectivity index (χ1n) is 9.69. The zero-order valence-corrected chi connectivity index (χ0v) is 17.4. The Labute approximate surface area is 178 Å². The third-order valence-corrected chi connectivity index (χ3v) is 6.38. The smallest absolute Gasteiger partial charge is 0.253 e. The summed E-state index contributed by atoms with van der Waals surface area (Å²) in [5.74, 6) is -2.84. The largest absolute Gasteiger partial charge is 0.353 e. The van der Waals surface area contributed by atoms with E-state index in [2.05, 4.69) is 15.0 Å². The Morgan fingerprint density at radius 1 is 1.06 bits per heavy atom. The molecular weight excluding hydrogens is 430 g/mol. The van der Waals surface area contributed by atoms with E-state index in [1.54, 1.807) is 29.4 Å². The quantitative estimate of drug-likeness (QED) is 0.661. The van der Waals surface area contributed by atoms with Crippen LogP contribution in [0.3, 0.4) is 0 Å². The number of likely N-dealkylation sites (tertiary alicyclic amines) is 1. The van der Waals surface area contributed by atoms with Crippen molar-refractivity contribution in [2.75, 3.05) is 19.6 Å². The van der Waals surface area contributed by atoms with E-state index in [9.17, 15) is 26.8 Å². The van der Waals surface area contributed by atoms with E-state index in [1.807, 2.05) is 0 Å². The lowest BCUT2D eigenvalue weighted by atomic mass is 10.0. The summed E-state index contributed by atoms with van der Waals surface area (Å²) in [6.07, 6.45) is 4.17. The van der Waals surface area contributed by atoms with Gasteiger partial charge in [0.15, 0.2) is 11.6 Å². The van der Waals surface area contributed by atoms with Gasteiger partial charge in [0.05, 0.1) is 4.90 Å². The molecule has 1 aliphatic rings. The Morgan fingerprint density at radius 3 is 2.39 bits per heavy atom. The second-order valence-electron chi connectivity index (χ2n) is 7.09. The lowest BCUT2D eigenvalue weighted by Gasteiger charge is -2.32. The molecule has 0 radical (unpaired) electrons. The second kappa shape index (κ2) is 9.92. The average molecular weight is 452 g/mol. The average Bonchev–Trinajstić information content (AvgIpc) is 2.76. The number of benzene rings is 1. The molecule has 1 aromatic heterocycles. The van der Waals surface area contributed by atoms with Crippen LogP contribution in [0.2, 0.25) is 0 Å². The van der Waals surface area contributed by atoms with Gasteiger partial charge in [-0.25, -0.2) is 21.9 Å². The summed E-state index contributed by atoms with van der Waals surface area (Å²) in [5.41, 5.74) is 0.561. The van der Waals surface area contributed by atoms with Crippen LogP contribution in [0.15, 0.2) is 47.6 Å². The summed E-state index contributed by atoms with van der Waals surface area (Å²) in [7, 11) is -4.06. The monoisotopic (exact) mass is 452 g/mol. The van der Waals surface area contributed by atoms with Crippen LogP contribution < -0.4 is 10.0 Å². The highest BCUT2D eigenvalue weighted by molar-refractivity contribution is 7.89. The molecule has 0 atom stereocenters. The molecule has 1 fully saturated rings. The number of rotatable bonds is 7.